The number of ketones is 1. The second-order valence-corrected chi connectivity index (χ2v) is 6.73. The highest BCUT2D eigenvalue weighted by molar-refractivity contribution is 6.03. The Morgan fingerprint density at radius 3 is 2.56 bits per heavy atom. The first-order valence-corrected chi connectivity index (χ1v) is 8.34. The van der Waals surface area contributed by atoms with Gasteiger partial charge < -0.3 is 14.9 Å². The quantitative estimate of drug-likeness (QED) is 0.801. The van der Waals surface area contributed by atoms with E-state index in [1.165, 1.54) is 6.07 Å². The lowest BCUT2D eigenvalue weighted by molar-refractivity contribution is 0.0844. The molecule has 4 nitrogen and oxygen atoms in total. The van der Waals surface area contributed by atoms with Gasteiger partial charge in [-0.1, -0.05) is 41.5 Å². The van der Waals surface area contributed by atoms with Gasteiger partial charge in [-0.3, -0.25) is 4.79 Å². The topological polar surface area (TPSA) is 66.8 Å². The van der Waals surface area contributed by atoms with Crippen molar-refractivity contribution < 1.29 is 19.7 Å². The summed E-state index contributed by atoms with van der Waals surface area (Å²) in [5.74, 6) is -0.188. The minimum Gasteiger partial charge on any atom is -0.507 e. The third kappa shape index (κ3) is 3.38. The monoisotopic (exact) mass is 338 g/mol. The van der Waals surface area contributed by atoms with Crippen LogP contribution in [0.15, 0.2) is 42.0 Å². The molecule has 0 aliphatic carbocycles. The zero-order valence-electron chi connectivity index (χ0n) is 14.7. The molecule has 0 amide bonds. The van der Waals surface area contributed by atoms with Crippen LogP contribution in [-0.2, 0) is 6.42 Å². The molecule has 4 heteroatoms. The van der Waals surface area contributed by atoms with Crippen LogP contribution < -0.4 is 4.74 Å². The van der Waals surface area contributed by atoms with E-state index < -0.39 is 6.10 Å². The molecule has 2 aromatic carbocycles. The molecular formula is C21H22O4. The minimum atomic E-state index is -0.414. The molecule has 2 N–H and O–H groups in total. The Morgan fingerprint density at radius 1 is 1.24 bits per heavy atom. The SMILES string of the molecule is CC(C)=CCc1c(O)cc2c(c1O)C(=O)C[C@@H](c1ccc(C)cc1)O2. The number of allylic oxidation sites excluding steroid dienone is 2. The van der Waals surface area contributed by atoms with E-state index in [0.29, 0.717) is 12.0 Å². The molecule has 130 valence electrons. The van der Waals surface area contributed by atoms with Crippen molar-refractivity contribution in [3.05, 3.63) is 64.2 Å². The molecule has 0 saturated heterocycles. The largest absolute Gasteiger partial charge is 0.507 e. The van der Waals surface area contributed by atoms with Gasteiger partial charge in [0.2, 0.25) is 0 Å². The first kappa shape index (κ1) is 17.1. The molecule has 3 rings (SSSR count). The molecule has 0 radical (unpaired) electrons. The molecule has 1 aliphatic heterocycles. The third-order valence-electron chi connectivity index (χ3n) is 4.43. The van der Waals surface area contributed by atoms with Crippen LogP contribution in [0.5, 0.6) is 17.2 Å². The van der Waals surface area contributed by atoms with Crippen LogP contribution in [0.3, 0.4) is 0 Å². The summed E-state index contributed by atoms with van der Waals surface area (Å²) in [7, 11) is 0. The highest BCUT2D eigenvalue weighted by Crippen LogP contribution is 2.44. The van der Waals surface area contributed by atoms with E-state index in [9.17, 15) is 15.0 Å². The van der Waals surface area contributed by atoms with Gasteiger partial charge in [-0.15, -0.1) is 0 Å². The molecular weight excluding hydrogens is 316 g/mol. The highest BCUT2D eigenvalue weighted by atomic mass is 16.5. The van der Waals surface area contributed by atoms with E-state index in [-0.39, 0.29) is 35.0 Å². The average Bonchev–Trinajstić information content (AvgIpc) is 2.54. The maximum Gasteiger partial charge on any atom is 0.174 e. The minimum absolute atomic E-state index is 0.0638. The predicted molar refractivity (Wildman–Crippen MR) is 96.4 cm³/mol. The number of ether oxygens (including phenoxy) is 1. The van der Waals surface area contributed by atoms with Crippen molar-refractivity contribution in [1.82, 2.24) is 0 Å². The van der Waals surface area contributed by atoms with Crippen LogP contribution >= 0.6 is 0 Å². The number of hydrogen-bond donors (Lipinski definition) is 2. The smallest absolute Gasteiger partial charge is 0.174 e. The summed E-state index contributed by atoms with van der Waals surface area (Å²) in [5, 5.41) is 20.8. The molecule has 1 heterocycles. The van der Waals surface area contributed by atoms with Crippen molar-refractivity contribution >= 4 is 5.78 Å². The van der Waals surface area contributed by atoms with E-state index in [1.807, 2.05) is 51.1 Å². The number of aromatic hydroxyl groups is 2. The van der Waals surface area contributed by atoms with E-state index in [0.717, 1.165) is 16.7 Å². The fraction of sp³-hybridized carbons (Fsp3) is 0.286. The number of hydrogen-bond acceptors (Lipinski definition) is 4. The number of phenolic OH excluding ortho intramolecular Hbond substituents is 2. The van der Waals surface area contributed by atoms with Crippen LogP contribution in [0, 0.1) is 6.92 Å². The Balaban J connectivity index is 1.98. The Labute approximate surface area is 147 Å². The lowest BCUT2D eigenvalue weighted by atomic mass is 9.92. The second-order valence-electron chi connectivity index (χ2n) is 6.73. The fourth-order valence-electron chi connectivity index (χ4n) is 2.97. The summed E-state index contributed by atoms with van der Waals surface area (Å²) >= 11 is 0. The summed E-state index contributed by atoms with van der Waals surface area (Å²) < 4.78 is 5.91. The van der Waals surface area contributed by atoms with Crippen molar-refractivity contribution in [3.63, 3.8) is 0 Å². The Morgan fingerprint density at radius 2 is 1.92 bits per heavy atom. The Hall–Kier alpha value is -2.75. The standard InChI is InChI=1S/C21H22O4/c1-12(2)4-9-15-16(22)10-19-20(21(15)24)17(23)11-18(25-19)14-7-5-13(3)6-8-14/h4-8,10,18,22,24H,9,11H2,1-3H3/t18-/m0/s1. The van der Waals surface area contributed by atoms with Crippen LogP contribution in [0.4, 0.5) is 0 Å². The molecule has 1 atom stereocenters. The number of Topliss-reactive ketones (excluding diaryl/α,β-unsaturated/α-hetero) is 1. The van der Waals surface area contributed by atoms with E-state index in [2.05, 4.69) is 0 Å². The first-order chi connectivity index (χ1) is 11.9. The summed E-state index contributed by atoms with van der Waals surface area (Å²) in [4.78, 5) is 12.6. The number of rotatable bonds is 3. The predicted octanol–water partition coefficient (Wildman–Crippen LogP) is 4.62. The number of carbonyl (C=O) groups excluding carboxylic acids is 1. The van der Waals surface area contributed by atoms with E-state index >= 15 is 0 Å². The third-order valence-corrected chi connectivity index (χ3v) is 4.43. The first-order valence-electron chi connectivity index (χ1n) is 8.34. The van der Waals surface area contributed by atoms with Gasteiger partial charge in [0, 0.05) is 11.6 Å². The Kier molecular flexibility index (Phi) is 4.53. The zero-order valence-corrected chi connectivity index (χ0v) is 14.7. The molecule has 25 heavy (non-hydrogen) atoms. The summed E-state index contributed by atoms with van der Waals surface area (Å²) in [6.45, 7) is 5.87. The van der Waals surface area contributed by atoms with Gasteiger partial charge >= 0.3 is 0 Å². The lowest BCUT2D eigenvalue weighted by Crippen LogP contribution is -2.21. The number of aryl methyl sites for hydroxylation is 1. The maximum absolute atomic E-state index is 12.6. The van der Waals surface area contributed by atoms with Gasteiger partial charge in [0.05, 0.1) is 6.42 Å². The van der Waals surface area contributed by atoms with Crippen LogP contribution in [-0.4, -0.2) is 16.0 Å². The van der Waals surface area contributed by atoms with Crippen LogP contribution in [0.2, 0.25) is 0 Å². The number of carbonyl (C=O) groups is 1. The zero-order chi connectivity index (χ0) is 18.1. The van der Waals surface area contributed by atoms with E-state index in [1.54, 1.807) is 0 Å². The number of phenols is 2. The van der Waals surface area contributed by atoms with Gasteiger partial charge in [-0.25, -0.2) is 0 Å². The summed E-state index contributed by atoms with van der Waals surface area (Å²) in [6.07, 6.45) is 2.01. The summed E-state index contributed by atoms with van der Waals surface area (Å²) in [6, 6.07) is 9.23. The molecule has 1 aliphatic rings. The second kappa shape index (κ2) is 6.63. The molecule has 0 spiro atoms. The molecule has 0 fully saturated rings. The molecule has 0 aromatic heterocycles. The van der Waals surface area contributed by atoms with Crippen molar-refractivity contribution in [1.29, 1.82) is 0 Å². The molecule has 0 bridgehead atoms. The molecule has 2 aromatic rings. The normalized spacial score (nSPS) is 16.1. The van der Waals surface area contributed by atoms with Gasteiger partial charge in [-0.2, -0.15) is 0 Å². The average molecular weight is 338 g/mol. The van der Waals surface area contributed by atoms with Gasteiger partial charge in [0.15, 0.2) is 5.78 Å². The van der Waals surface area contributed by atoms with Crippen LogP contribution in [0.1, 0.15) is 53.4 Å². The van der Waals surface area contributed by atoms with Crippen molar-refractivity contribution in [3.8, 4) is 17.2 Å². The van der Waals surface area contributed by atoms with Crippen molar-refractivity contribution in [2.45, 2.75) is 39.7 Å². The number of fused-ring (bicyclic) bond motifs is 1. The lowest BCUT2D eigenvalue weighted by Gasteiger charge is -2.27. The maximum atomic E-state index is 12.6. The molecule has 0 saturated carbocycles. The number of benzene rings is 2. The van der Waals surface area contributed by atoms with Crippen LogP contribution in [0.25, 0.3) is 0 Å². The summed E-state index contributed by atoms with van der Waals surface area (Å²) in [5.41, 5.74) is 3.62. The molecule has 0 unspecified atom stereocenters. The fourth-order valence-corrected chi connectivity index (χ4v) is 2.97. The Bertz CT molecular complexity index is 843. The van der Waals surface area contributed by atoms with Gasteiger partial charge in [0.1, 0.15) is 28.9 Å². The van der Waals surface area contributed by atoms with Gasteiger partial charge in [0.25, 0.3) is 0 Å². The highest BCUT2D eigenvalue weighted by Gasteiger charge is 2.32. The van der Waals surface area contributed by atoms with E-state index in [4.69, 9.17) is 4.74 Å². The van der Waals surface area contributed by atoms with Gasteiger partial charge in [-0.05, 0) is 32.8 Å². The van der Waals surface area contributed by atoms with Crippen molar-refractivity contribution in [2.24, 2.45) is 0 Å². The van der Waals surface area contributed by atoms with Crippen molar-refractivity contribution in [2.75, 3.05) is 0 Å².